The van der Waals surface area contributed by atoms with Crippen molar-refractivity contribution >= 4 is 34.5 Å². The summed E-state index contributed by atoms with van der Waals surface area (Å²) in [5.41, 5.74) is 3.43. The van der Waals surface area contributed by atoms with Gasteiger partial charge in [-0.2, -0.15) is 10.2 Å². The molecular formula is C21H19ClN6O2S. The Kier molecular flexibility index (Phi) is 5.47. The van der Waals surface area contributed by atoms with Gasteiger partial charge < -0.3 is 5.32 Å². The summed E-state index contributed by atoms with van der Waals surface area (Å²) in [6.45, 7) is 5.41. The third-order valence-corrected chi connectivity index (χ3v) is 6.31. The number of rotatable bonds is 4. The smallest absolute Gasteiger partial charge is 0.277 e. The molecule has 3 aromatic heterocycles. The maximum absolute atomic E-state index is 13.1. The molecule has 0 spiro atoms. The molecule has 1 N–H and O–H groups in total. The van der Waals surface area contributed by atoms with Crippen molar-refractivity contribution in [2.75, 3.05) is 5.32 Å². The van der Waals surface area contributed by atoms with Crippen LogP contribution in [0.25, 0.3) is 16.3 Å². The Labute approximate surface area is 187 Å². The summed E-state index contributed by atoms with van der Waals surface area (Å²) in [5, 5.41) is 12.3. The Morgan fingerprint density at radius 2 is 1.97 bits per heavy atom. The van der Waals surface area contributed by atoms with Gasteiger partial charge in [-0.1, -0.05) is 11.6 Å². The Morgan fingerprint density at radius 3 is 2.68 bits per heavy atom. The van der Waals surface area contributed by atoms with E-state index in [1.54, 1.807) is 55.3 Å². The van der Waals surface area contributed by atoms with E-state index in [1.807, 2.05) is 13.8 Å². The summed E-state index contributed by atoms with van der Waals surface area (Å²) >= 11 is 7.33. The zero-order chi connectivity index (χ0) is 22.3. The van der Waals surface area contributed by atoms with Crippen molar-refractivity contribution in [1.29, 1.82) is 0 Å². The van der Waals surface area contributed by atoms with Crippen LogP contribution in [0.2, 0.25) is 5.02 Å². The van der Waals surface area contributed by atoms with E-state index in [-0.39, 0.29) is 11.5 Å². The van der Waals surface area contributed by atoms with Crippen LogP contribution in [-0.2, 0) is 7.05 Å². The van der Waals surface area contributed by atoms with Crippen LogP contribution >= 0.6 is 22.9 Å². The Balaban J connectivity index is 1.73. The van der Waals surface area contributed by atoms with Crippen molar-refractivity contribution < 1.29 is 4.79 Å². The minimum Gasteiger partial charge on any atom is -0.319 e. The molecule has 0 bridgehead atoms. The first-order valence-electron chi connectivity index (χ1n) is 9.39. The Bertz CT molecular complexity index is 1360. The molecule has 3 heterocycles. The van der Waals surface area contributed by atoms with Crippen LogP contribution in [0.4, 0.5) is 5.69 Å². The standard InChI is InChI=1S/C21H19ClN6O2S/c1-11-12(2)26-27(4)21(30)17(11)20-24-13(3)18(31-20)19(29)25-15-10-14(22)6-7-16(15)28-9-5-8-23-28/h5-10H,1-4H3,(H,25,29). The summed E-state index contributed by atoms with van der Waals surface area (Å²) in [6.07, 6.45) is 3.43. The molecule has 31 heavy (non-hydrogen) atoms. The van der Waals surface area contributed by atoms with Gasteiger partial charge in [0.15, 0.2) is 0 Å². The fourth-order valence-electron chi connectivity index (χ4n) is 3.21. The number of carbonyl (C=O) groups is 1. The zero-order valence-corrected chi connectivity index (χ0v) is 18.9. The molecule has 0 unspecified atom stereocenters. The monoisotopic (exact) mass is 454 g/mol. The molecule has 0 aliphatic carbocycles. The van der Waals surface area contributed by atoms with Crippen molar-refractivity contribution in [3.8, 4) is 16.3 Å². The molecule has 1 amide bonds. The predicted molar refractivity (Wildman–Crippen MR) is 121 cm³/mol. The van der Waals surface area contributed by atoms with E-state index in [9.17, 15) is 9.59 Å². The van der Waals surface area contributed by atoms with Gasteiger partial charge in [-0.15, -0.1) is 11.3 Å². The van der Waals surface area contributed by atoms with E-state index in [1.165, 1.54) is 16.0 Å². The van der Waals surface area contributed by atoms with E-state index in [2.05, 4.69) is 20.5 Å². The molecule has 0 saturated heterocycles. The minimum atomic E-state index is -0.336. The van der Waals surface area contributed by atoms with E-state index < -0.39 is 0 Å². The number of hydrogen-bond donors (Lipinski definition) is 1. The average Bonchev–Trinajstić information content (AvgIpc) is 3.37. The van der Waals surface area contributed by atoms with Crippen LogP contribution < -0.4 is 10.9 Å². The van der Waals surface area contributed by atoms with Crippen molar-refractivity contribution in [2.24, 2.45) is 7.05 Å². The quantitative estimate of drug-likeness (QED) is 0.504. The topological polar surface area (TPSA) is 94.7 Å². The van der Waals surface area contributed by atoms with E-state index in [0.717, 1.165) is 11.3 Å². The molecular weight excluding hydrogens is 436 g/mol. The van der Waals surface area contributed by atoms with Crippen LogP contribution in [0, 0.1) is 20.8 Å². The van der Waals surface area contributed by atoms with Gasteiger partial charge in [0, 0.05) is 24.5 Å². The molecule has 0 aliphatic rings. The van der Waals surface area contributed by atoms with Crippen molar-refractivity contribution in [3.05, 3.63) is 73.9 Å². The van der Waals surface area contributed by atoms with Crippen molar-refractivity contribution in [3.63, 3.8) is 0 Å². The number of thiazole rings is 1. The number of benzene rings is 1. The van der Waals surface area contributed by atoms with Crippen molar-refractivity contribution in [1.82, 2.24) is 24.5 Å². The van der Waals surface area contributed by atoms with Crippen LogP contribution in [0.3, 0.4) is 0 Å². The van der Waals surface area contributed by atoms with E-state index in [4.69, 9.17) is 11.6 Å². The molecule has 0 atom stereocenters. The van der Waals surface area contributed by atoms with E-state index >= 15 is 0 Å². The number of aromatic nitrogens is 5. The average molecular weight is 455 g/mol. The van der Waals surface area contributed by atoms with Crippen LogP contribution in [-0.4, -0.2) is 30.5 Å². The highest BCUT2D eigenvalue weighted by Crippen LogP contribution is 2.30. The molecule has 8 nitrogen and oxygen atoms in total. The number of nitrogens with one attached hydrogen (secondary N) is 1. The number of carbonyl (C=O) groups excluding carboxylic acids is 1. The number of amides is 1. The molecule has 4 aromatic rings. The van der Waals surface area contributed by atoms with Gasteiger partial charge in [-0.3, -0.25) is 9.59 Å². The third kappa shape index (κ3) is 3.89. The molecule has 158 valence electrons. The maximum atomic E-state index is 13.1. The number of aryl methyl sites for hydroxylation is 3. The number of halogens is 1. The maximum Gasteiger partial charge on any atom is 0.277 e. The first kappa shape index (κ1) is 21.0. The first-order valence-corrected chi connectivity index (χ1v) is 10.6. The van der Waals surface area contributed by atoms with Gasteiger partial charge in [0.1, 0.15) is 9.88 Å². The molecule has 4 rings (SSSR count). The van der Waals surface area contributed by atoms with Gasteiger partial charge in [-0.25, -0.2) is 14.3 Å². The molecule has 0 saturated carbocycles. The van der Waals surface area contributed by atoms with Gasteiger partial charge in [0.05, 0.1) is 28.3 Å². The lowest BCUT2D eigenvalue weighted by Gasteiger charge is -2.11. The molecule has 1 aromatic carbocycles. The number of anilines is 1. The largest absolute Gasteiger partial charge is 0.319 e. The SMILES string of the molecule is Cc1nc(-c2c(C)c(C)nn(C)c2=O)sc1C(=O)Nc1cc(Cl)ccc1-n1cccn1. The summed E-state index contributed by atoms with van der Waals surface area (Å²) in [4.78, 5) is 30.7. The zero-order valence-electron chi connectivity index (χ0n) is 17.3. The summed E-state index contributed by atoms with van der Waals surface area (Å²) < 4.78 is 2.93. The van der Waals surface area contributed by atoms with Gasteiger partial charge in [-0.05, 0) is 50.6 Å². The second-order valence-corrected chi connectivity index (χ2v) is 8.45. The van der Waals surface area contributed by atoms with Gasteiger partial charge >= 0.3 is 0 Å². The fourth-order valence-corrected chi connectivity index (χ4v) is 4.44. The van der Waals surface area contributed by atoms with Crippen LogP contribution in [0.5, 0.6) is 0 Å². The molecule has 0 fully saturated rings. The lowest BCUT2D eigenvalue weighted by Crippen LogP contribution is -2.23. The second kappa shape index (κ2) is 8.09. The summed E-state index contributed by atoms with van der Waals surface area (Å²) in [7, 11) is 1.60. The predicted octanol–water partition coefficient (Wildman–Crippen LogP) is 3.92. The van der Waals surface area contributed by atoms with Crippen LogP contribution in [0.1, 0.15) is 26.6 Å². The molecule has 0 aliphatic heterocycles. The summed E-state index contributed by atoms with van der Waals surface area (Å²) in [6, 6.07) is 6.97. The van der Waals surface area contributed by atoms with Crippen molar-refractivity contribution in [2.45, 2.75) is 20.8 Å². The highest BCUT2D eigenvalue weighted by atomic mass is 35.5. The lowest BCUT2D eigenvalue weighted by atomic mass is 10.1. The highest BCUT2D eigenvalue weighted by Gasteiger charge is 2.22. The number of nitrogens with zero attached hydrogens (tertiary/aromatic N) is 5. The normalized spacial score (nSPS) is 11.0. The Hall–Kier alpha value is -3.30. The fraction of sp³-hybridized carbons (Fsp3) is 0.190. The highest BCUT2D eigenvalue weighted by molar-refractivity contribution is 7.17. The minimum absolute atomic E-state index is 0.250. The third-order valence-electron chi connectivity index (χ3n) is 4.90. The second-order valence-electron chi connectivity index (χ2n) is 7.01. The first-order chi connectivity index (χ1) is 14.8. The summed E-state index contributed by atoms with van der Waals surface area (Å²) in [5.74, 6) is -0.336. The number of hydrogen-bond acceptors (Lipinski definition) is 6. The molecule has 10 heteroatoms. The molecule has 0 radical (unpaired) electrons. The van der Waals surface area contributed by atoms with Crippen LogP contribution in [0.15, 0.2) is 41.5 Å². The van der Waals surface area contributed by atoms with E-state index in [0.29, 0.717) is 37.5 Å². The van der Waals surface area contributed by atoms with Gasteiger partial charge in [0.25, 0.3) is 11.5 Å². The lowest BCUT2D eigenvalue weighted by molar-refractivity contribution is 0.103. The van der Waals surface area contributed by atoms with Gasteiger partial charge in [0.2, 0.25) is 0 Å². The Morgan fingerprint density at radius 1 is 1.19 bits per heavy atom.